The summed E-state index contributed by atoms with van der Waals surface area (Å²) in [6.07, 6.45) is 0.158. The van der Waals surface area contributed by atoms with Gasteiger partial charge >= 0.3 is 0 Å². The van der Waals surface area contributed by atoms with Crippen molar-refractivity contribution in [3.8, 4) is 5.75 Å². The molecular formula is C27H33N5O3. The molecule has 1 saturated heterocycles. The van der Waals surface area contributed by atoms with Crippen LogP contribution in [0, 0.1) is 6.92 Å². The van der Waals surface area contributed by atoms with E-state index in [1.165, 1.54) is 0 Å². The highest BCUT2D eigenvalue weighted by Gasteiger charge is 2.18. The predicted molar refractivity (Wildman–Crippen MR) is 140 cm³/mol. The fraction of sp³-hybridized carbons (Fsp3) is 0.370. The number of aromatic nitrogens is 1. The van der Waals surface area contributed by atoms with Crippen LogP contribution in [0.5, 0.6) is 5.75 Å². The maximum absolute atomic E-state index is 12.5. The van der Waals surface area contributed by atoms with Crippen LogP contribution >= 0.6 is 0 Å². The number of hydrogen-bond acceptors (Lipinski definition) is 6. The molecule has 8 nitrogen and oxygen atoms in total. The summed E-state index contributed by atoms with van der Waals surface area (Å²) in [5, 5.41) is 6.70. The molecule has 184 valence electrons. The zero-order valence-electron chi connectivity index (χ0n) is 20.6. The van der Waals surface area contributed by atoms with E-state index in [2.05, 4.69) is 40.3 Å². The number of benzene rings is 2. The Balaban J connectivity index is 1.35. The number of carbonyl (C=O) groups excluding carboxylic acids is 2. The summed E-state index contributed by atoms with van der Waals surface area (Å²) in [5.74, 6) is 1.13. The van der Waals surface area contributed by atoms with Gasteiger partial charge in [-0.2, -0.15) is 0 Å². The lowest BCUT2D eigenvalue weighted by Gasteiger charge is -2.35. The van der Waals surface area contributed by atoms with Gasteiger partial charge in [-0.15, -0.1) is 0 Å². The Kier molecular flexibility index (Phi) is 7.82. The van der Waals surface area contributed by atoms with Gasteiger partial charge in [-0.1, -0.05) is 19.1 Å². The van der Waals surface area contributed by atoms with Crippen molar-refractivity contribution < 1.29 is 14.3 Å². The SMILES string of the molecule is CCN1CCN(c2cc(C)c3cc(NC(=O)CCC(=O)Nc4ccccc4OC)ccc3n2)CC1. The van der Waals surface area contributed by atoms with E-state index in [4.69, 9.17) is 9.72 Å². The Morgan fingerprint density at radius 1 is 0.971 bits per heavy atom. The van der Waals surface area contributed by atoms with Crippen molar-refractivity contribution in [1.29, 1.82) is 0 Å². The van der Waals surface area contributed by atoms with E-state index in [9.17, 15) is 9.59 Å². The number of ether oxygens (including phenoxy) is 1. The molecule has 0 spiro atoms. The Morgan fingerprint density at radius 2 is 1.69 bits per heavy atom. The topological polar surface area (TPSA) is 86.8 Å². The molecule has 0 atom stereocenters. The molecule has 2 aromatic carbocycles. The summed E-state index contributed by atoms with van der Waals surface area (Å²) in [6.45, 7) is 9.41. The second-order valence-electron chi connectivity index (χ2n) is 8.75. The van der Waals surface area contributed by atoms with Crippen LogP contribution in [0.25, 0.3) is 10.9 Å². The molecule has 2 N–H and O–H groups in total. The number of carbonyl (C=O) groups is 2. The largest absolute Gasteiger partial charge is 0.495 e. The van der Waals surface area contributed by atoms with Crippen LogP contribution in [0.1, 0.15) is 25.3 Å². The lowest BCUT2D eigenvalue weighted by Crippen LogP contribution is -2.46. The minimum absolute atomic E-state index is 0.0761. The van der Waals surface area contributed by atoms with Crippen molar-refractivity contribution >= 4 is 39.9 Å². The van der Waals surface area contributed by atoms with E-state index in [0.717, 1.165) is 55.0 Å². The quantitative estimate of drug-likeness (QED) is 0.511. The molecule has 35 heavy (non-hydrogen) atoms. The number of hydrogen-bond donors (Lipinski definition) is 2. The van der Waals surface area contributed by atoms with E-state index in [1.54, 1.807) is 19.2 Å². The second kappa shape index (κ2) is 11.2. The molecule has 0 radical (unpaired) electrons. The summed E-state index contributed by atoms with van der Waals surface area (Å²) in [4.78, 5) is 34.4. The van der Waals surface area contributed by atoms with Gasteiger partial charge in [0.15, 0.2) is 0 Å². The predicted octanol–water partition coefficient (Wildman–Crippen LogP) is 4.05. The average Bonchev–Trinajstić information content (AvgIpc) is 2.88. The van der Waals surface area contributed by atoms with Crippen molar-refractivity contribution in [1.82, 2.24) is 9.88 Å². The van der Waals surface area contributed by atoms with Crippen LogP contribution in [-0.2, 0) is 9.59 Å². The van der Waals surface area contributed by atoms with E-state index < -0.39 is 0 Å². The number of rotatable bonds is 8. The van der Waals surface area contributed by atoms with Crippen LogP contribution in [-0.4, -0.2) is 61.5 Å². The summed E-state index contributed by atoms with van der Waals surface area (Å²) in [6, 6.07) is 15.1. The van der Waals surface area contributed by atoms with Gasteiger partial charge in [0.05, 0.1) is 18.3 Å². The number of nitrogens with one attached hydrogen (secondary N) is 2. The number of para-hydroxylation sites is 2. The van der Waals surface area contributed by atoms with Gasteiger partial charge in [-0.3, -0.25) is 9.59 Å². The molecule has 0 saturated carbocycles. The third kappa shape index (κ3) is 6.08. The summed E-state index contributed by atoms with van der Waals surface area (Å²) >= 11 is 0. The molecule has 4 rings (SSSR count). The third-order valence-electron chi connectivity index (χ3n) is 6.39. The molecular weight excluding hydrogens is 442 g/mol. The van der Waals surface area contributed by atoms with Crippen LogP contribution in [0.15, 0.2) is 48.5 Å². The van der Waals surface area contributed by atoms with Gasteiger partial charge in [-0.05, 0) is 55.4 Å². The minimum atomic E-state index is -0.240. The number of amides is 2. The molecule has 0 aliphatic carbocycles. The maximum atomic E-state index is 12.5. The summed E-state index contributed by atoms with van der Waals surface area (Å²) < 4.78 is 5.24. The highest BCUT2D eigenvalue weighted by atomic mass is 16.5. The Morgan fingerprint density at radius 3 is 2.40 bits per heavy atom. The zero-order chi connectivity index (χ0) is 24.8. The number of aryl methyl sites for hydroxylation is 1. The molecule has 1 aromatic heterocycles. The zero-order valence-corrected chi connectivity index (χ0v) is 20.6. The van der Waals surface area contributed by atoms with E-state index in [0.29, 0.717) is 17.1 Å². The van der Waals surface area contributed by atoms with E-state index in [1.807, 2.05) is 30.3 Å². The molecule has 1 fully saturated rings. The molecule has 2 amide bonds. The van der Waals surface area contributed by atoms with Gasteiger partial charge < -0.3 is 25.2 Å². The van der Waals surface area contributed by atoms with Gasteiger partial charge in [0.25, 0.3) is 0 Å². The van der Waals surface area contributed by atoms with Crippen LogP contribution in [0.4, 0.5) is 17.2 Å². The Labute approximate surface area is 206 Å². The molecule has 1 aliphatic heterocycles. The number of anilines is 3. The molecule has 0 unspecified atom stereocenters. The van der Waals surface area contributed by atoms with Crippen LogP contribution in [0.2, 0.25) is 0 Å². The highest BCUT2D eigenvalue weighted by molar-refractivity contribution is 5.98. The Hall–Kier alpha value is -3.65. The standard InChI is InChI=1S/C27H33N5O3/c1-4-31-13-15-32(16-14-31)25-17-19(2)21-18-20(9-10-22(21)29-25)28-26(33)11-12-27(34)30-23-7-5-6-8-24(23)35-3/h5-10,17-18H,4,11-16H2,1-3H3,(H,28,33)(H,30,34). The average molecular weight is 476 g/mol. The lowest BCUT2D eigenvalue weighted by molar-refractivity contribution is -0.121. The first-order valence-corrected chi connectivity index (χ1v) is 12.1. The molecule has 1 aliphatic rings. The van der Waals surface area contributed by atoms with Gasteiger partial charge in [0.2, 0.25) is 11.8 Å². The fourth-order valence-corrected chi connectivity index (χ4v) is 4.32. The first-order chi connectivity index (χ1) is 17.0. The maximum Gasteiger partial charge on any atom is 0.224 e. The van der Waals surface area contributed by atoms with Gasteiger partial charge in [0.1, 0.15) is 11.6 Å². The normalized spacial score (nSPS) is 14.1. The number of piperazine rings is 1. The van der Waals surface area contributed by atoms with Crippen LogP contribution < -0.4 is 20.3 Å². The van der Waals surface area contributed by atoms with Crippen molar-refractivity contribution in [2.45, 2.75) is 26.7 Å². The molecule has 8 heteroatoms. The fourth-order valence-electron chi connectivity index (χ4n) is 4.32. The highest BCUT2D eigenvalue weighted by Crippen LogP contribution is 2.26. The van der Waals surface area contributed by atoms with Crippen molar-refractivity contribution in [3.05, 3.63) is 54.1 Å². The number of fused-ring (bicyclic) bond motifs is 1. The number of likely N-dealkylation sites (N-methyl/N-ethyl adjacent to an activating group) is 1. The number of methoxy groups -OCH3 is 1. The van der Waals surface area contributed by atoms with Crippen LogP contribution in [0.3, 0.4) is 0 Å². The smallest absolute Gasteiger partial charge is 0.224 e. The van der Waals surface area contributed by atoms with Crippen molar-refractivity contribution in [3.63, 3.8) is 0 Å². The summed E-state index contributed by atoms with van der Waals surface area (Å²) in [7, 11) is 1.55. The van der Waals surface area contributed by atoms with Gasteiger partial charge in [-0.25, -0.2) is 4.98 Å². The summed E-state index contributed by atoms with van der Waals surface area (Å²) in [5.41, 5.74) is 3.31. The van der Waals surface area contributed by atoms with E-state index in [-0.39, 0.29) is 24.7 Å². The first kappa shape index (κ1) is 24.5. The first-order valence-electron chi connectivity index (χ1n) is 12.1. The van der Waals surface area contributed by atoms with Gasteiger partial charge in [0, 0.05) is 50.1 Å². The molecule has 3 aromatic rings. The van der Waals surface area contributed by atoms with Crippen molar-refractivity contribution in [2.75, 3.05) is 55.4 Å². The third-order valence-corrected chi connectivity index (χ3v) is 6.39. The number of nitrogens with zero attached hydrogens (tertiary/aromatic N) is 3. The molecule has 0 bridgehead atoms. The van der Waals surface area contributed by atoms with Crippen molar-refractivity contribution in [2.24, 2.45) is 0 Å². The Bertz CT molecular complexity index is 1200. The van der Waals surface area contributed by atoms with E-state index >= 15 is 0 Å². The lowest BCUT2D eigenvalue weighted by atomic mass is 10.1. The number of pyridine rings is 1. The second-order valence-corrected chi connectivity index (χ2v) is 8.75. The monoisotopic (exact) mass is 475 g/mol. The molecule has 2 heterocycles. The minimum Gasteiger partial charge on any atom is -0.495 e.